The van der Waals surface area contributed by atoms with E-state index in [4.69, 9.17) is 0 Å². The second kappa shape index (κ2) is 7.43. The Labute approximate surface area is 141 Å². The van der Waals surface area contributed by atoms with E-state index in [0.717, 1.165) is 6.07 Å². The minimum Gasteiger partial charge on any atom is -0.392 e. The largest absolute Gasteiger partial charge is 0.392 e. The number of nitro benzene ring substituents is 1. The third-order valence-electron chi connectivity index (χ3n) is 3.85. The van der Waals surface area contributed by atoms with Gasteiger partial charge in [-0.25, -0.2) is 8.42 Å². The molecule has 2 rings (SSSR count). The molecular formula is C14H22N4O5S. The second-order valence-electron chi connectivity index (χ2n) is 5.87. The van der Waals surface area contributed by atoms with E-state index in [0.29, 0.717) is 26.2 Å². The zero-order valence-corrected chi connectivity index (χ0v) is 14.5. The highest BCUT2D eigenvalue weighted by molar-refractivity contribution is 7.89. The molecule has 1 aliphatic heterocycles. The topological polar surface area (TPSA) is 116 Å². The van der Waals surface area contributed by atoms with E-state index in [-0.39, 0.29) is 22.8 Å². The third kappa shape index (κ3) is 4.20. The number of aliphatic hydroxyl groups is 1. The Bertz CT molecular complexity index is 699. The van der Waals surface area contributed by atoms with Crippen LogP contribution >= 0.6 is 0 Å². The SMILES string of the molecule is CC(O)CNc1ccc(S(=O)(=O)N2CCN(C)CC2)cc1[N+](=O)[O-]. The molecule has 134 valence electrons. The van der Waals surface area contributed by atoms with Crippen molar-refractivity contribution in [3.05, 3.63) is 28.3 Å². The average molecular weight is 358 g/mol. The lowest BCUT2D eigenvalue weighted by Gasteiger charge is -2.31. The van der Waals surface area contributed by atoms with Gasteiger partial charge in [0.1, 0.15) is 5.69 Å². The van der Waals surface area contributed by atoms with Crippen LogP contribution in [0.15, 0.2) is 23.1 Å². The van der Waals surface area contributed by atoms with Crippen molar-refractivity contribution in [3.8, 4) is 0 Å². The quantitative estimate of drug-likeness (QED) is 0.556. The van der Waals surface area contributed by atoms with Gasteiger partial charge in [-0.1, -0.05) is 0 Å². The number of benzene rings is 1. The minimum atomic E-state index is -3.76. The van der Waals surface area contributed by atoms with Gasteiger partial charge in [-0.15, -0.1) is 0 Å². The van der Waals surface area contributed by atoms with Crippen LogP contribution in [0.3, 0.4) is 0 Å². The average Bonchev–Trinajstić information content (AvgIpc) is 2.53. The molecule has 0 radical (unpaired) electrons. The van der Waals surface area contributed by atoms with Crippen molar-refractivity contribution >= 4 is 21.4 Å². The lowest BCUT2D eigenvalue weighted by Crippen LogP contribution is -2.47. The summed E-state index contributed by atoms with van der Waals surface area (Å²) >= 11 is 0. The highest BCUT2D eigenvalue weighted by Gasteiger charge is 2.29. The molecule has 0 saturated carbocycles. The molecule has 1 fully saturated rings. The Hall–Kier alpha value is -1.75. The fourth-order valence-corrected chi connectivity index (χ4v) is 3.85. The first kappa shape index (κ1) is 18.6. The molecule has 1 aromatic carbocycles. The zero-order chi connectivity index (χ0) is 17.9. The molecule has 0 spiro atoms. The van der Waals surface area contributed by atoms with Crippen LogP contribution in [0.25, 0.3) is 0 Å². The van der Waals surface area contributed by atoms with Crippen LogP contribution in [0.2, 0.25) is 0 Å². The molecule has 1 heterocycles. The van der Waals surface area contributed by atoms with Crippen LogP contribution < -0.4 is 5.32 Å². The number of sulfonamides is 1. The van der Waals surface area contributed by atoms with Crippen LogP contribution in [0, 0.1) is 10.1 Å². The molecule has 1 aromatic rings. The van der Waals surface area contributed by atoms with Crippen molar-refractivity contribution in [2.45, 2.75) is 17.9 Å². The first-order chi connectivity index (χ1) is 11.2. The van der Waals surface area contributed by atoms with Gasteiger partial charge in [-0.2, -0.15) is 4.31 Å². The van der Waals surface area contributed by atoms with Gasteiger partial charge in [-0.3, -0.25) is 10.1 Å². The lowest BCUT2D eigenvalue weighted by molar-refractivity contribution is -0.384. The van der Waals surface area contributed by atoms with Crippen molar-refractivity contribution in [1.29, 1.82) is 0 Å². The number of anilines is 1. The molecule has 0 bridgehead atoms. The number of hydrogen-bond donors (Lipinski definition) is 2. The van der Waals surface area contributed by atoms with Gasteiger partial charge >= 0.3 is 0 Å². The predicted octanol–water partition coefficient (Wildman–Crippen LogP) is 0.324. The van der Waals surface area contributed by atoms with Gasteiger partial charge in [0, 0.05) is 38.8 Å². The fourth-order valence-electron chi connectivity index (χ4n) is 2.41. The summed E-state index contributed by atoms with van der Waals surface area (Å²) in [6, 6.07) is 3.78. The van der Waals surface area contributed by atoms with Crippen LogP contribution in [0.5, 0.6) is 0 Å². The summed E-state index contributed by atoms with van der Waals surface area (Å²) in [5, 5.41) is 23.3. The molecule has 1 atom stereocenters. The van der Waals surface area contributed by atoms with Gasteiger partial charge in [0.25, 0.3) is 5.69 Å². The van der Waals surface area contributed by atoms with E-state index in [2.05, 4.69) is 5.32 Å². The summed E-state index contributed by atoms with van der Waals surface area (Å²) < 4.78 is 26.7. The summed E-state index contributed by atoms with van der Waals surface area (Å²) in [7, 11) is -1.85. The number of nitro groups is 1. The number of nitrogens with zero attached hydrogens (tertiary/aromatic N) is 3. The smallest absolute Gasteiger partial charge is 0.293 e. The van der Waals surface area contributed by atoms with Crippen molar-refractivity contribution < 1.29 is 18.4 Å². The zero-order valence-electron chi connectivity index (χ0n) is 13.7. The van der Waals surface area contributed by atoms with Crippen molar-refractivity contribution in [3.63, 3.8) is 0 Å². The normalized spacial score (nSPS) is 18.3. The van der Waals surface area contributed by atoms with Gasteiger partial charge in [-0.05, 0) is 26.1 Å². The molecule has 9 nitrogen and oxygen atoms in total. The number of hydrogen-bond acceptors (Lipinski definition) is 7. The molecule has 0 amide bonds. The molecule has 1 saturated heterocycles. The Morgan fingerprint density at radius 2 is 1.96 bits per heavy atom. The van der Waals surface area contributed by atoms with Gasteiger partial charge in [0.15, 0.2) is 0 Å². The van der Waals surface area contributed by atoms with Crippen LogP contribution in [-0.4, -0.2) is 73.5 Å². The molecule has 1 unspecified atom stereocenters. The molecule has 1 aliphatic rings. The molecule has 0 aliphatic carbocycles. The highest BCUT2D eigenvalue weighted by Crippen LogP contribution is 2.29. The maximum Gasteiger partial charge on any atom is 0.293 e. The van der Waals surface area contributed by atoms with Crippen LogP contribution in [-0.2, 0) is 10.0 Å². The van der Waals surface area contributed by atoms with Crippen molar-refractivity contribution in [1.82, 2.24) is 9.21 Å². The Balaban J connectivity index is 2.30. The van der Waals surface area contributed by atoms with Crippen LogP contribution in [0.4, 0.5) is 11.4 Å². The summed E-state index contributed by atoms with van der Waals surface area (Å²) in [6.07, 6.45) is -0.682. The van der Waals surface area contributed by atoms with E-state index in [1.54, 1.807) is 6.92 Å². The van der Waals surface area contributed by atoms with Crippen molar-refractivity contribution in [2.24, 2.45) is 0 Å². The first-order valence-corrected chi connectivity index (χ1v) is 9.05. The number of piperazine rings is 1. The lowest BCUT2D eigenvalue weighted by atomic mass is 10.2. The standard InChI is InChI=1S/C14H22N4O5S/c1-11(19)10-15-13-4-3-12(9-14(13)18(20)21)24(22,23)17-7-5-16(2)6-8-17/h3-4,9,11,15,19H,5-8,10H2,1-2H3. The van der Waals surface area contributed by atoms with Crippen molar-refractivity contribution in [2.75, 3.05) is 45.1 Å². The Morgan fingerprint density at radius 1 is 1.33 bits per heavy atom. The van der Waals surface area contributed by atoms with Gasteiger partial charge in [0.2, 0.25) is 10.0 Å². The first-order valence-electron chi connectivity index (χ1n) is 7.61. The maximum absolute atomic E-state index is 12.7. The third-order valence-corrected chi connectivity index (χ3v) is 5.75. The molecule has 2 N–H and O–H groups in total. The number of aliphatic hydroxyl groups excluding tert-OH is 1. The monoisotopic (exact) mass is 358 g/mol. The Kier molecular flexibility index (Phi) is 5.75. The highest BCUT2D eigenvalue weighted by atomic mass is 32.2. The fraction of sp³-hybridized carbons (Fsp3) is 0.571. The summed E-state index contributed by atoms with van der Waals surface area (Å²) in [5.74, 6) is 0. The van der Waals surface area contributed by atoms with E-state index >= 15 is 0 Å². The predicted molar refractivity (Wildman–Crippen MR) is 89.5 cm³/mol. The molecular weight excluding hydrogens is 336 g/mol. The molecule has 0 aromatic heterocycles. The summed E-state index contributed by atoms with van der Waals surface area (Å²) in [4.78, 5) is 12.6. The molecule has 10 heteroatoms. The second-order valence-corrected chi connectivity index (χ2v) is 7.81. The number of likely N-dealkylation sites (N-methyl/N-ethyl adjacent to an activating group) is 1. The summed E-state index contributed by atoms with van der Waals surface area (Å²) in [5.41, 5.74) is -0.149. The van der Waals surface area contributed by atoms with E-state index in [1.165, 1.54) is 16.4 Å². The van der Waals surface area contributed by atoms with Gasteiger partial charge < -0.3 is 15.3 Å². The summed E-state index contributed by atoms with van der Waals surface area (Å²) in [6.45, 7) is 3.63. The number of rotatable bonds is 6. The number of nitrogens with one attached hydrogen (secondary N) is 1. The van der Waals surface area contributed by atoms with Crippen LogP contribution in [0.1, 0.15) is 6.92 Å². The van der Waals surface area contributed by atoms with E-state index in [1.807, 2.05) is 11.9 Å². The molecule has 24 heavy (non-hydrogen) atoms. The van der Waals surface area contributed by atoms with E-state index in [9.17, 15) is 23.6 Å². The van der Waals surface area contributed by atoms with E-state index < -0.39 is 21.1 Å². The van der Waals surface area contributed by atoms with Gasteiger partial charge in [0.05, 0.1) is 15.9 Å². The Morgan fingerprint density at radius 3 is 2.50 bits per heavy atom. The minimum absolute atomic E-state index is 0.0960. The maximum atomic E-state index is 12.7.